The van der Waals surface area contributed by atoms with Crippen molar-refractivity contribution in [1.82, 2.24) is 14.5 Å². The minimum atomic E-state index is -0.139. The van der Waals surface area contributed by atoms with Crippen LogP contribution in [0.15, 0.2) is 128 Å². The zero-order chi connectivity index (χ0) is 48.5. The molecule has 2 aromatic heterocycles. The summed E-state index contributed by atoms with van der Waals surface area (Å²) in [5.74, 6) is 2.26. The number of benzene rings is 6. The van der Waals surface area contributed by atoms with E-state index >= 15 is 0 Å². The molecule has 0 saturated heterocycles. The number of pyridine rings is 1. The predicted molar refractivity (Wildman–Crippen MR) is 287 cm³/mol. The van der Waals surface area contributed by atoms with Crippen molar-refractivity contribution in [1.29, 1.82) is 0 Å². The van der Waals surface area contributed by atoms with Crippen molar-refractivity contribution in [3.05, 3.63) is 155 Å². The van der Waals surface area contributed by atoms with Gasteiger partial charge in [-0.2, -0.15) is 0 Å². The average Bonchev–Trinajstić information content (AvgIpc) is 3.64. The molecule has 0 spiro atoms. The molecule has 0 aliphatic heterocycles. The molecule has 0 amide bonds. The fourth-order valence-corrected chi connectivity index (χ4v) is 10.0. The molecule has 0 aliphatic rings. The molecule has 1 N–H and O–H groups in total. The number of hydrogen-bond acceptors (Lipinski definition) is 3. The number of imidazole rings is 1. The zero-order valence-electron chi connectivity index (χ0n) is 43.1. The molecular weight excluding hydrogens is 815 g/mol. The quantitative estimate of drug-likeness (QED) is 0.165. The van der Waals surface area contributed by atoms with Gasteiger partial charge in [0.05, 0.1) is 22.1 Å². The fraction of sp³-hybridized carbons (Fsp3) is 0.365. The molecule has 0 unspecified atom stereocenters. The van der Waals surface area contributed by atoms with Crippen molar-refractivity contribution in [2.24, 2.45) is 11.8 Å². The van der Waals surface area contributed by atoms with E-state index in [0.29, 0.717) is 29.1 Å². The number of phenolic OH excluding ortho intramolecular Hbond substituents is 1. The largest absolute Gasteiger partial charge is 0.507 e. The third kappa shape index (κ3) is 9.34. The normalized spacial score (nSPS) is 12.9. The Hall–Kier alpha value is -6.00. The van der Waals surface area contributed by atoms with Crippen molar-refractivity contribution in [2.45, 2.75) is 138 Å². The van der Waals surface area contributed by atoms with E-state index in [4.69, 9.17) is 9.97 Å². The van der Waals surface area contributed by atoms with E-state index in [1.54, 1.807) is 0 Å². The minimum Gasteiger partial charge on any atom is -0.507 e. The van der Waals surface area contributed by atoms with Crippen molar-refractivity contribution in [3.8, 4) is 56.2 Å². The molecule has 0 bridgehead atoms. The van der Waals surface area contributed by atoms with Gasteiger partial charge in [0.25, 0.3) is 0 Å². The number of aromatic hydroxyl groups is 1. The molecule has 67 heavy (non-hydrogen) atoms. The van der Waals surface area contributed by atoms with Gasteiger partial charge in [0.1, 0.15) is 11.6 Å². The summed E-state index contributed by atoms with van der Waals surface area (Å²) < 4.78 is 2.26. The van der Waals surface area contributed by atoms with Gasteiger partial charge in [0.15, 0.2) is 0 Å². The minimum absolute atomic E-state index is 0.0123. The number of fused-ring (bicyclic) bond motifs is 2. The van der Waals surface area contributed by atoms with E-state index in [2.05, 4.69) is 225 Å². The molecule has 8 aromatic rings. The summed E-state index contributed by atoms with van der Waals surface area (Å²) in [6, 6.07) is 44.6. The molecule has 0 fully saturated rings. The van der Waals surface area contributed by atoms with E-state index in [0.717, 1.165) is 61.2 Å². The maximum atomic E-state index is 11.8. The third-order valence-corrected chi connectivity index (χ3v) is 14.0. The van der Waals surface area contributed by atoms with Crippen LogP contribution >= 0.6 is 0 Å². The summed E-state index contributed by atoms with van der Waals surface area (Å²) in [5.41, 5.74) is 17.3. The predicted octanol–water partition coefficient (Wildman–Crippen LogP) is 17.5. The van der Waals surface area contributed by atoms with E-state index in [9.17, 15) is 5.11 Å². The number of phenols is 1. The van der Waals surface area contributed by atoms with Crippen molar-refractivity contribution in [2.75, 3.05) is 0 Å². The molecular formula is C63H73N3O. The van der Waals surface area contributed by atoms with Crippen molar-refractivity contribution in [3.63, 3.8) is 0 Å². The first-order valence-electron chi connectivity index (χ1n) is 24.5. The molecule has 4 nitrogen and oxygen atoms in total. The summed E-state index contributed by atoms with van der Waals surface area (Å²) in [7, 11) is 0. The molecule has 8 rings (SSSR count). The zero-order valence-corrected chi connectivity index (χ0v) is 43.1. The van der Waals surface area contributed by atoms with Crippen LogP contribution in [0.5, 0.6) is 5.75 Å². The third-order valence-electron chi connectivity index (χ3n) is 14.0. The fourth-order valence-electron chi connectivity index (χ4n) is 10.0. The summed E-state index contributed by atoms with van der Waals surface area (Å²) in [4.78, 5) is 10.8. The lowest BCUT2D eigenvalue weighted by Gasteiger charge is -2.28. The lowest BCUT2D eigenvalue weighted by atomic mass is 9.77. The van der Waals surface area contributed by atoms with Crippen molar-refractivity contribution < 1.29 is 5.11 Å². The van der Waals surface area contributed by atoms with Crippen LogP contribution in [-0.2, 0) is 21.7 Å². The molecule has 0 saturated carbocycles. The summed E-state index contributed by atoms with van der Waals surface area (Å²) >= 11 is 0. The van der Waals surface area contributed by atoms with Gasteiger partial charge in [-0.15, -0.1) is 0 Å². The van der Waals surface area contributed by atoms with Crippen molar-refractivity contribution >= 4 is 21.9 Å². The van der Waals surface area contributed by atoms with Crippen LogP contribution < -0.4 is 0 Å². The van der Waals surface area contributed by atoms with Gasteiger partial charge >= 0.3 is 0 Å². The average molecular weight is 888 g/mol. The molecule has 346 valence electrons. The van der Waals surface area contributed by atoms with Crippen LogP contribution in [0.1, 0.15) is 145 Å². The molecule has 4 heteroatoms. The van der Waals surface area contributed by atoms with Crippen LogP contribution in [0.2, 0.25) is 0 Å². The first-order valence-corrected chi connectivity index (χ1v) is 24.5. The lowest BCUT2D eigenvalue weighted by Crippen LogP contribution is -2.15. The van der Waals surface area contributed by atoms with E-state index < -0.39 is 0 Å². The van der Waals surface area contributed by atoms with Gasteiger partial charge in [0, 0.05) is 28.4 Å². The van der Waals surface area contributed by atoms with Gasteiger partial charge in [0.2, 0.25) is 0 Å². The first kappa shape index (κ1) is 47.5. The number of nitrogens with zero attached hydrogens (tertiary/aromatic N) is 3. The maximum absolute atomic E-state index is 11.8. The first-order chi connectivity index (χ1) is 31.3. The molecule has 6 aromatic carbocycles. The Morgan fingerprint density at radius 3 is 1.54 bits per heavy atom. The second-order valence-corrected chi connectivity index (χ2v) is 23.9. The van der Waals surface area contributed by atoms with Gasteiger partial charge in [-0.1, -0.05) is 171 Å². The van der Waals surface area contributed by atoms with Gasteiger partial charge < -0.3 is 5.11 Å². The highest BCUT2D eigenvalue weighted by Crippen LogP contribution is 2.45. The standard InChI is InChI=1S/C63H73N3O/c1-38(2)56(39(3)4)49-30-31-64-57-51(36-47(37-52(49)57)63(14,15)16)42-19-17-18-41(32-42)50-33-43(40-20-22-44(23-21-40)60(5,6)7)34-54-58(50)65-59(53-35-46(62(11,12)13)26-29-55(53)67)66(54)48-27-24-45(25-28-48)61(8,9)10/h17-39,56,67H,1-16H3. The molecule has 0 atom stereocenters. The van der Waals surface area contributed by atoms with Gasteiger partial charge in [-0.3, -0.25) is 9.55 Å². The molecule has 0 radical (unpaired) electrons. The Morgan fingerprint density at radius 1 is 0.463 bits per heavy atom. The van der Waals surface area contributed by atoms with Crippen LogP contribution in [0.3, 0.4) is 0 Å². The SMILES string of the molecule is CC(C)C(c1ccnc2c(-c3cccc(-c4cc(-c5ccc(C(C)(C)C)cc5)cc5c4nc(-c4cc(C(C)(C)C)ccc4O)n5-c4ccc(C(C)(C)C)cc4)c3)cc(C(C)(C)C)cc12)C(C)C. The lowest BCUT2D eigenvalue weighted by molar-refractivity contribution is 0.390. The van der Waals surface area contributed by atoms with E-state index in [-0.39, 0.29) is 27.4 Å². The Labute approximate surface area is 401 Å². The van der Waals surface area contributed by atoms with Crippen LogP contribution in [-0.4, -0.2) is 19.6 Å². The Bertz CT molecular complexity index is 3090. The number of aromatic nitrogens is 3. The Kier molecular flexibility index (Phi) is 12.2. The van der Waals surface area contributed by atoms with E-state index in [1.165, 1.54) is 27.6 Å². The van der Waals surface area contributed by atoms with Crippen LogP contribution in [0.4, 0.5) is 0 Å². The number of hydrogen-bond donors (Lipinski definition) is 1. The second-order valence-electron chi connectivity index (χ2n) is 23.9. The smallest absolute Gasteiger partial charge is 0.149 e. The monoisotopic (exact) mass is 888 g/mol. The number of rotatable bonds is 8. The Morgan fingerprint density at radius 2 is 0.985 bits per heavy atom. The van der Waals surface area contributed by atoms with E-state index in [1.807, 2.05) is 18.3 Å². The Balaban J connectivity index is 1.45. The summed E-state index contributed by atoms with van der Waals surface area (Å²) in [6.45, 7) is 36.5. The molecule has 0 aliphatic carbocycles. The highest BCUT2D eigenvalue weighted by atomic mass is 16.3. The van der Waals surface area contributed by atoms with Gasteiger partial charge in [-0.25, -0.2) is 4.98 Å². The summed E-state index contributed by atoms with van der Waals surface area (Å²) in [5, 5.41) is 13.0. The van der Waals surface area contributed by atoms with Crippen LogP contribution in [0, 0.1) is 11.8 Å². The maximum Gasteiger partial charge on any atom is 0.149 e. The summed E-state index contributed by atoms with van der Waals surface area (Å²) in [6.07, 6.45) is 2.02. The topological polar surface area (TPSA) is 50.9 Å². The van der Waals surface area contributed by atoms with Crippen LogP contribution in [0.25, 0.3) is 72.4 Å². The highest BCUT2D eigenvalue weighted by Gasteiger charge is 2.27. The molecule has 2 heterocycles. The highest BCUT2D eigenvalue weighted by molar-refractivity contribution is 6.01. The van der Waals surface area contributed by atoms with Gasteiger partial charge in [-0.05, 0) is 150 Å². The second kappa shape index (κ2) is 17.3.